The summed E-state index contributed by atoms with van der Waals surface area (Å²) in [6, 6.07) is 14.0. The van der Waals surface area contributed by atoms with E-state index >= 15 is 0 Å². The van der Waals surface area contributed by atoms with Crippen LogP contribution >= 0.6 is 23.2 Å². The number of hydrogen-bond acceptors (Lipinski definition) is 3. The summed E-state index contributed by atoms with van der Waals surface area (Å²) in [5.41, 5.74) is 2.49. The third-order valence-electron chi connectivity index (χ3n) is 5.85. The van der Waals surface area contributed by atoms with Crippen LogP contribution in [-0.4, -0.2) is 42.6 Å². The molecule has 7 heteroatoms. The second-order valence-electron chi connectivity index (χ2n) is 7.90. The van der Waals surface area contributed by atoms with Crippen LogP contribution in [0.3, 0.4) is 0 Å². The number of carbonyl (C=O) groups is 1. The number of carbonyl (C=O) groups excluding carboxylic acids is 1. The third kappa shape index (κ3) is 4.97. The molecule has 0 saturated carbocycles. The van der Waals surface area contributed by atoms with E-state index < -0.39 is 0 Å². The normalized spacial score (nSPS) is 22.1. The number of hydrogen-bond donors (Lipinski definition) is 2. The van der Waals surface area contributed by atoms with Crippen molar-refractivity contribution in [1.29, 1.82) is 0 Å². The monoisotopic (exact) mass is 432 g/mol. The summed E-state index contributed by atoms with van der Waals surface area (Å²) in [6.45, 7) is 5.73. The fourth-order valence-electron chi connectivity index (χ4n) is 4.42. The molecule has 0 bridgehead atoms. The first-order chi connectivity index (χ1) is 14.0. The Labute approximate surface area is 182 Å². The predicted molar refractivity (Wildman–Crippen MR) is 122 cm³/mol. The molecular formula is C22H26Cl2N4O. The number of anilines is 3. The zero-order valence-corrected chi connectivity index (χ0v) is 18.0. The molecule has 0 radical (unpaired) electrons. The highest BCUT2D eigenvalue weighted by Crippen LogP contribution is 2.29. The van der Waals surface area contributed by atoms with Crippen LogP contribution in [0.25, 0.3) is 0 Å². The number of halogens is 2. The van der Waals surface area contributed by atoms with Gasteiger partial charge in [0, 0.05) is 52.3 Å². The lowest BCUT2D eigenvalue weighted by Gasteiger charge is -2.28. The molecule has 29 heavy (non-hydrogen) atoms. The summed E-state index contributed by atoms with van der Waals surface area (Å²) in [5.74, 6) is 0. The maximum Gasteiger partial charge on any atom is 0.323 e. The van der Waals surface area contributed by atoms with E-state index in [2.05, 4.69) is 39.5 Å². The Morgan fingerprint density at radius 1 is 0.966 bits per heavy atom. The molecule has 2 aromatic rings. The number of urea groups is 1. The summed E-state index contributed by atoms with van der Waals surface area (Å²) in [6.07, 6.45) is 3.86. The highest BCUT2D eigenvalue weighted by molar-refractivity contribution is 6.35. The number of benzene rings is 2. The molecule has 4 rings (SSSR count). The standard InChI is InChI=1S/C22H26Cl2N4O/c1-15-3-2-9-28(15)21-8-10-27(14-21)20-6-4-18(5-7-20)25-22(29)26-19-12-16(23)11-17(24)13-19/h4-7,11-13,15,21H,2-3,8-10,14H2,1H3,(H2,25,26,29). The molecule has 2 aliphatic heterocycles. The lowest BCUT2D eigenvalue weighted by Crippen LogP contribution is -2.39. The average molecular weight is 433 g/mol. The van der Waals surface area contributed by atoms with Gasteiger partial charge in [0.15, 0.2) is 0 Å². The van der Waals surface area contributed by atoms with Crippen LogP contribution in [0.1, 0.15) is 26.2 Å². The maximum atomic E-state index is 12.2. The highest BCUT2D eigenvalue weighted by Gasteiger charge is 2.32. The highest BCUT2D eigenvalue weighted by atomic mass is 35.5. The molecule has 2 unspecified atom stereocenters. The van der Waals surface area contributed by atoms with Gasteiger partial charge in [-0.3, -0.25) is 4.90 Å². The minimum Gasteiger partial charge on any atom is -0.370 e. The van der Waals surface area contributed by atoms with E-state index in [0.29, 0.717) is 27.8 Å². The van der Waals surface area contributed by atoms with Gasteiger partial charge in [0.25, 0.3) is 0 Å². The molecule has 5 nitrogen and oxygen atoms in total. The van der Waals surface area contributed by atoms with E-state index in [1.54, 1.807) is 18.2 Å². The fraction of sp³-hybridized carbons (Fsp3) is 0.409. The summed E-state index contributed by atoms with van der Waals surface area (Å²) < 4.78 is 0. The summed E-state index contributed by atoms with van der Waals surface area (Å²) >= 11 is 11.9. The van der Waals surface area contributed by atoms with Crippen molar-refractivity contribution < 1.29 is 4.79 Å². The quantitative estimate of drug-likeness (QED) is 0.650. The summed E-state index contributed by atoms with van der Waals surface area (Å²) in [5, 5.41) is 6.54. The second-order valence-corrected chi connectivity index (χ2v) is 8.77. The summed E-state index contributed by atoms with van der Waals surface area (Å²) in [7, 11) is 0. The smallest absolute Gasteiger partial charge is 0.323 e. The van der Waals surface area contributed by atoms with Crippen LogP contribution in [0.4, 0.5) is 21.9 Å². The van der Waals surface area contributed by atoms with Gasteiger partial charge in [0.2, 0.25) is 0 Å². The lowest BCUT2D eigenvalue weighted by molar-refractivity contribution is 0.204. The SMILES string of the molecule is CC1CCCN1C1CCN(c2ccc(NC(=O)Nc3cc(Cl)cc(Cl)c3)cc2)C1. The molecule has 2 saturated heterocycles. The first-order valence-electron chi connectivity index (χ1n) is 10.1. The van der Waals surface area contributed by atoms with Crippen molar-refractivity contribution >= 4 is 46.3 Å². The Bertz CT molecular complexity index is 853. The minimum absolute atomic E-state index is 0.333. The van der Waals surface area contributed by atoms with Crippen LogP contribution in [0.2, 0.25) is 10.0 Å². The number of nitrogens with zero attached hydrogens (tertiary/aromatic N) is 2. The molecule has 154 valence electrons. The lowest BCUT2D eigenvalue weighted by atomic mass is 10.2. The van der Waals surface area contributed by atoms with Crippen molar-refractivity contribution in [2.75, 3.05) is 35.2 Å². The zero-order chi connectivity index (χ0) is 20.4. The van der Waals surface area contributed by atoms with Gasteiger partial charge in [-0.25, -0.2) is 4.79 Å². The minimum atomic E-state index is -0.333. The fourth-order valence-corrected chi connectivity index (χ4v) is 4.95. The van der Waals surface area contributed by atoms with Gasteiger partial charge in [0.05, 0.1) is 0 Å². The van der Waals surface area contributed by atoms with E-state index in [9.17, 15) is 4.79 Å². The van der Waals surface area contributed by atoms with Gasteiger partial charge in [0.1, 0.15) is 0 Å². The van der Waals surface area contributed by atoms with Gasteiger partial charge in [-0.15, -0.1) is 0 Å². The molecule has 2 atom stereocenters. The van der Waals surface area contributed by atoms with E-state index in [-0.39, 0.29) is 6.03 Å². The largest absolute Gasteiger partial charge is 0.370 e. The molecule has 2 aliphatic rings. The number of likely N-dealkylation sites (tertiary alicyclic amines) is 1. The number of amides is 2. The average Bonchev–Trinajstić information content (AvgIpc) is 3.30. The number of nitrogens with one attached hydrogen (secondary N) is 2. The van der Waals surface area contributed by atoms with E-state index in [1.807, 2.05) is 12.1 Å². The van der Waals surface area contributed by atoms with Crippen LogP contribution in [0.15, 0.2) is 42.5 Å². The Kier molecular flexibility index (Phi) is 6.18. The predicted octanol–water partition coefficient (Wildman–Crippen LogP) is 5.70. The van der Waals surface area contributed by atoms with E-state index in [4.69, 9.17) is 23.2 Å². The van der Waals surface area contributed by atoms with Gasteiger partial charge < -0.3 is 15.5 Å². The molecule has 0 aliphatic carbocycles. The van der Waals surface area contributed by atoms with Crippen LogP contribution < -0.4 is 15.5 Å². The molecule has 0 aromatic heterocycles. The molecule has 2 heterocycles. The molecule has 0 spiro atoms. The van der Waals surface area contributed by atoms with Crippen molar-refractivity contribution in [3.63, 3.8) is 0 Å². The Balaban J connectivity index is 1.32. The first kappa shape index (κ1) is 20.3. The molecule has 2 N–H and O–H groups in total. The van der Waals surface area contributed by atoms with Crippen molar-refractivity contribution in [2.24, 2.45) is 0 Å². The summed E-state index contributed by atoms with van der Waals surface area (Å²) in [4.78, 5) is 17.3. The second kappa shape index (κ2) is 8.82. The topological polar surface area (TPSA) is 47.6 Å². The van der Waals surface area contributed by atoms with Crippen molar-refractivity contribution in [3.8, 4) is 0 Å². The van der Waals surface area contributed by atoms with Crippen molar-refractivity contribution in [1.82, 2.24) is 4.90 Å². The Hall–Kier alpha value is -1.95. The number of rotatable bonds is 4. The zero-order valence-electron chi connectivity index (χ0n) is 16.5. The van der Waals surface area contributed by atoms with Crippen molar-refractivity contribution in [2.45, 2.75) is 38.3 Å². The Morgan fingerprint density at radius 2 is 1.66 bits per heavy atom. The first-order valence-corrected chi connectivity index (χ1v) is 10.9. The van der Waals surface area contributed by atoms with Crippen LogP contribution in [0, 0.1) is 0 Å². The van der Waals surface area contributed by atoms with Crippen LogP contribution in [0.5, 0.6) is 0 Å². The van der Waals surface area contributed by atoms with Gasteiger partial charge in [-0.2, -0.15) is 0 Å². The van der Waals surface area contributed by atoms with Crippen molar-refractivity contribution in [3.05, 3.63) is 52.5 Å². The third-order valence-corrected chi connectivity index (χ3v) is 6.28. The van der Waals surface area contributed by atoms with Crippen LogP contribution in [-0.2, 0) is 0 Å². The maximum absolute atomic E-state index is 12.2. The van der Waals surface area contributed by atoms with Gasteiger partial charge in [-0.1, -0.05) is 23.2 Å². The molecule has 2 amide bonds. The van der Waals surface area contributed by atoms with E-state index in [1.165, 1.54) is 31.5 Å². The molecule has 2 fully saturated rings. The van der Waals surface area contributed by atoms with E-state index in [0.717, 1.165) is 18.8 Å². The Morgan fingerprint density at radius 3 is 2.31 bits per heavy atom. The van der Waals surface area contributed by atoms with Gasteiger partial charge >= 0.3 is 6.03 Å². The molecule has 2 aromatic carbocycles. The van der Waals surface area contributed by atoms with Gasteiger partial charge in [-0.05, 0) is 75.2 Å². The molecular weight excluding hydrogens is 407 g/mol.